The van der Waals surface area contributed by atoms with Gasteiger partial charge in [0.15, 0.2) is 0 Å². The average Bonchev–Trinajstić information content (AvgIpc) is 2.53. The van der Waals surface area contributed by atoms with Gasteiger partial charge in [0.2, 0.25) is 0 Å². The van der Waals surface area contributed by atoms with E-state index in [-0.39, 0.29) is 10.6 Å². The summed E-state index contributed by atoms with van der Waals surface area (Å²) in [6, 6.07) is 21.3. The van der Waals surface area contributed by atoms with Gasteiger partial charge in [-0.15, -0.1) is 0 Å². The van der Waals surface area contributed by atoms with Crippen molar-refractivity contribution in [3.05, 3.63) is 76.8 Å². The molecule has 0 saturated carbocycles. The van der Waals surface area contributed by atoms with Crippen LogP contribution in [0.2, 0.25) is 0 Å². The quantitative estimate of drug-likeness (QED) is 0.276. The molecule has 4 aromatic carbocycles. The Balaban J connectivity index is 2.32. The lowest BCUT2D eigenvalue weighted by Gasteiger charge is -2.08. The van der Waals surface area contributed by atoms with Gasteiger partial charge in [-0.05, 0) is 33.0 Å². The van der Waals surface area contributed by atoms with E-state index in [1.54, 1.807) is 6.07 Å². The molecule has 3 nitrogen and oxygen atoms in total. The molecule has 0 aliphatic carbocycles. The molecule has 4 aromatic rings. The minimum Gasteiger partial charge on any atom is -0.258 e. The van der Waals surface area contributed by atoms with E-state index >= 15 is 0 Å². The van der Waals surface area contributed by atoms with E-state index in [1.165, 1.54) is 0 Å². The molecule has 0 atom stereocenters. The first-order valence-electron chi connectivity index (χ1n) is 6.73. The lowest BCUT2D eigenvalue weighted by molar-refractivity contribution is -0.382. The molecule has 100 valence electrons. The maximum atomic E-state index is 11.4. The minimum absolute atomic E-state index is 0.162. The van der Waals surface area contributed by atoms with Gasteiger partial charge in [-0.25, -0.2) is 0 Å². The third-order valence-corrected chi connectivity index (χ3v) is 3.94. The molecule has 0 aromatic heterocycles. The van der Waals surface area contributed by atoms with Crippen LogP contribution in [-0.4, -0.2) is 4.92 Å². The third-order valence-electron chi connectivity index (χ3n) is 3.94. The van der Waals surface area contributed by atoms with E-state index in [9.17, 15) is 10.1 Å². The summed E-state index contributed by atoms with van der Waals surface area (Å²) in [5, 5.41) is 17.1. The highest BCUT2D eigenvalue weighted by Crippen LogP contribution is 2.36. The Hall–Kier alpha value is -2.94. The zero-order valence-corrected chi connectivity index (χ0v) is 11.1. The van der Waals surface area contributed by atoms with Gasteiger partial charge in [-0.2, -0.15) is 0 Å². The predicted octanol–water partition coefficient (Wildman–Crippen LogP) is 5.05. The molecule has 0 radical (unpaired) electrons. The van der Waals surface area contributed by atoms with Gasteiger partial charge in [0, 0.05) is 6.07 Å². The Kier molecular flexibility index (Phi) is 2.42. The van der Waals surface area contributed by atoms with E-state index in [2.05, 4.69) is 6.07 Å². The summed E-state index contributed by atoms with van der Waals surface area (Å²) in [6.45, 7) is 0. The summed E-state index contributed by atoms with van der Waals surface area (Å²) in [4.78, 5) is 11.1. The van der Waals surface area contributed by atoms with Crippen molar-refractivity contribution in [3.8, 4) is 0 Å². The van der Waals surface area contributed by atoms with Crippen molar-refractivity contribution in [2.24, 2.45) is 0 Å². The molecule has 0 heterocycles. The van der Waals surface area contributed by atoms with E-state index < -0.39 is 0 Å². The number of nitro benzene ring substituents is 1. The number of nitro groups is 1. The lowest BCUT2D eigenvalue weighted by Crippen LogP contribution is -1.91. The van der Waals surface area contributed by atoms with Crippen molar-refractivity contribution >= 4 is 38.0 Å². The highest BCUT2D eigenvalue weighted by Gasteiger charge is 2.15. The fraction of sp³-hybridized carbons (Fsp3) is 0. The summed E-state index contributed by atoms with van der Waals surface area (Å²) in [5.74, 6) is 0. The molecule has 0 N–H and O–H groups in total. The summed E-state index contributed by atoms with van der Waals surface area (Å²) >= 11 is 0. The SMILES string of the molecule is O=[N+]([O-])c1cc2c3ccccc3ccc2c2ccccc12. The van der Waals surface area contributed by atoms with E-state index in [0.717, 1.165) is 26.9 Å². The highest BCUT2D eigenvalue weighted by molar-refractivity contribution is 6.19. The van der Waals surface area contributed by atoms with Crippen molar-refractivity contribution in [2.45, 2.75) is 0 Å². The van der Waals surface area contributed by atoms with E-state index in [4.69, 9.17) is 0 Å². The van der Waals surface area contributed by atoms with E-state index in [0.29, 0.717) is 5.39 Å². The van der Waals surface area contributed by atoms with Crippen LogP contribution in [0.1, 0.15) is 0 Å². The topological polar surface area (TPSA) is 43.1 Å². The molecular formula is C18H11NO2. The monoisotopic (exact) mass is 273 g/mol. The maximum Gasteiger partial charge on any atom is 0.277 e. The van der Waals surface area contributed by atoms with Gasteiger partial charge < -0.3 is 0 Å². The smallest absolute Gasteiger partial charge is 0.258 e. The number of hydrogen-bond acceptors (Lipinski definition) is 2. The van der Waals surface area contributed by atoms with Crippen LogP contribution in [0.4, 0.5) is 5.69 Å². The van der Waals surface area contributed by atoms with Crippen LogP contribution in [0.3, 0.4) is 0 Å². The molecule has 0 amide bonds. The van der Waals surface area contributed by atoms with E-state index in [1.807, 2.05) is 54.6 Å². The van der Waals surface area contributed by atoms with Crippen LogP contribution in [0, 0.1) is 10.1 Å². The lowest BCUT2D eigenvalue weighted by atomic mass is 9.96. The van der Waals surface area contributed by atoms with Crippen molar-refractivity contribution in [2.75, 3.05) is 0 Å². The van der Waals surface area contributed by atoms with Gasteiger partial charge in [0.1, 0.15) is 0 Å². The molecule has 0 unspecified atom stereocenters. The molecule has 0 bridgehead atoms. The zero-order chi connectivity index (χ0) is 14.4. The fourth-order valence-corrected chi connectivity index (χ4v) is 2.99. The summed E-state index contributed by atoms with van der Waals surface area (Å²) in [6.07, 6.45) is 0. The van der Waals surface area contributed by atoms with Crippen LogP contribution in [0.25, 0.3) is 32.3 Å². The first-order chi connectivity index (χ1) is 10.3. The second-order valence-corrected chi connectivity index (χ2v) is 5.08. The Labute approximate surface area is 120 Å². The number of rotatable bonds is 1. The molecular weight excluding hydrogens is 262 g/mol. The molecule has 0 fully saturated rings. The summed E-state index contributed by atoms with van der Waals surface area (Å²) < 4.78 is 0. The molecule has 0 spiro atoms. The van der Waals surface area contributed by atoms with Crippen molar-refractivity contribution in [3.63, 3.8) is 0 Å². The fourth-order valence-electron chi connectivity index (χ4n) is 2.99. The Morgan fingerprint density at radius 1 is 0.667 bits per heavy atom. The second-order valence-electron chi connectivity index (χ2n) is 5.08. The Morgan fingerprint density at radius 2 is 1.29 bits per heavy atom. The summed E-state index contributed by atoms with van der Waals surface area (Å²) in [5.41, 5.74) is 0.162. The van der Waals surface area contributed by atoms with Crippen LogP contribution in [0.5, 0.6) is 0 Å². The third kappa shape index (κ3) is 1.68. The van der Waals surface area contributed by atoms with Crippen LogP contribution >= 0.6 is 0 Å². The first kappa shape index (κ1) is 11.9. The molecule has 0 saturated heterocycles. The maximum absolute atomic E-state index is 11.4. The second kappa shape index (κ2) is 4.28. The first-order valence-corrected chi connectivity index (χ1v) is 6.73. The van der Waals surface area contributed by atoms with Gasteiger partial charge in [-0.1, -0.05) is 54.6 Å². The molecule has 4 rings (SSSR count). The molecule has 21 heavy (non-hydrogen) atoms. The van der Waals surface area contributed by atoms with Gasteiger partial charge in [0.25, 0.3) is 5.69 Å². The van der Waals surface area contributed by atoms with Crippen LogP contribution < -0.4 is 0 Å². The molecule has 0 aliphatic heterocycles. The number of non-ortho nitro benzene ring substituents is 1. The largest absolute Gasteiger partial charge is 0.277 e. The standard InChI is InChI=1S/C18H11NO2/c20-19(21)18-11-17-13-6-2-1-5-12(13)9-10-15(17)14-7-3-4-8-16(14)18/h1-11H. The van der Waals surface area contributed by atoms with Crippen molar-refractivity contribution < 1.29 is 4.92 Å². The van der Waals surface area contributed by atoms with Gasteiger partial charge >= 0.3 is 0 Å². The van der Waals surface area contributed by atoms with Gasteiger partial charge in [0.05, 0.1) is 10.3 Å². The van der Waals surface area contributed by atoms with Crippen LogP contribution in [-0.2, 0) is 0 Å². The number of nitrogens with zero attached hydrogens (tertiary/aromatic N) is 1. The number of hydrogen-bond donors (Lipinski definition) is 0. The number of fused-ring (bicyclic) bond motifs is 5. The normalized spacial score (nSPS) is 11.2. The van der Waals surface area contributed by atoms with Crippen molar-refractivity contribution in [1.29, 1.82) is 0 Å². The predicted molar refractivity (Wildman–Crippen MR) is 85.6 cm³/mol. The average molecular weight is 273 g/mol. The van der Waals surface area contributed by atoms with Gasteiger partial charge in [-0.3, -0.25) is 10.1 Å². The van der Waals surface area contributed by atoms with Crippen molar-refractivity contribution in [1.82, 2.24) is 0 Å². The van der Waals surface area contributed by atoms with Crippen LogP contribution in [0.15, 0.2) is 66.7 Å². The highest BCUT2D eigenvalue weighted by atomic mass is 16.6. The number of benzene rings is 4. The summed E-state index contributed by atoms with van der Waals surface area (Å²) in [7, 11) is 0. The minimum atomic E-state index is -0.302. The zero-order valence-electron chi connectivity index (χ0n) is 11.1. The Morgan fingerprint density at radius 3 is 2.05 bits per heavy atom. The molecule has 3 heteroatoms. The molecule has 0 aliphatic rings. The Bertz CT molecular complexity index is 1020.